The molecule has 94 valence electrons. The Morgan fingerprint density at radius 2 is 1.94 bits per heavy atom. The molecule has 0 saturated heterocycles. The smallest absolute Gasteiger partial charge is 0.191 e. The van der Waals surface area contributed by atoms with E-state index in [4.69, 9.17) is 0 Å². The third kappa shape index (κ3) is 5.95. The first kappa shape index (κ1) is 13.6. The zero-order valence-electron chi connectivity index (χ0n) is 11.0. The van der Waals surface area contributed by atoms with Gasteiger partial charge in [0.1, 0.15) is 0 Å². The van der Waals surface area contributed by atoms with Crippen LogP contribution in [0.25, 0.3) is 0 Å². The molecule has 2 N–H and O–H groups in total. The van der Waals surface area contributed by atoms with Crippen LogP contribution in [0.4, 0.5) is 0 Å². The van der Waals surface area contributed by atoms with E-state index in [1.807, 2.05) is 6.07 Å². The summed E-state index contributed by atoms with van der Waals surface area (Å²) in [4.78, 5) is 4.54. The van der Waals surface area contributed by atoms with Crippen molar-refractivity contribution in [2.24, 2.45) is 4.99 Å². The lowest BCUT2D eigenvalue weighted by Crippen LogP contribution is -2.41. The molecule has 0 atom stereocenters. The number of guanidine groups is 1. The summed E-state index contributed by atoms with van der Waals surface area (Å²) in [6.07, 6.45) is 0.982. The number of aliphatic imine (C=N–C) groups is 1. The molecule has 3 nitrogen and oxygen atoms in total. The lowest BCUT2D eigenvalue weighted by molar-refractivity contribution is 0.700. The van der Waals surface area contributed by atoms with Crippen LogP contribution in [0.2, 0.25) is 0 Å². The molecule has 0 fully saturated rings. The molecule has 17 heavy (non-hydrogen) atoms. The van der Waals surface area contributed by atoms with Crippen molar-refractivity contribution >= 4 is 5.96 Å². The lowest BCUT2D eigenvalue weighted by Gasteiger charge is -2.13. The number of hydrogen-bond donors (Lipinski definition) is 2. The predicted octanol–water partition coefficient (Wildman–Crippen LogP) is 2.19. The zero-order valence-corrected chi connectivity index (χ0v) is 11.0. The van der Waals surface area contributed by atoms with Crippen LogP contribution in [0.3, 0.4) is 0 Å². The normalized spacial score (nSPS) is 11.6. The summed E-state index contributed by atoms with van der Waals surface area (Å²) in [5.74, 6) is 0.901. The van der Waals surface area contributed by atoms with Crippen LogP contribution in [0, 0.1) is 0 Å². The van der Waals surface area contributed by atoms with Crippen molar-refractivity contribution in [3.8, 4) is 0 Å². The van der Waals surface area contributed by atoms with Crippen LogP contribution in [0.1, 0.15) is 26.3 Å². The first-order valence-electron chi connectivity index (χ1n) is 6.31. The molecule has 0 aliphatic rings. The fourth-order valence-corrected chi connectivity index (χ4v) is 1.53. The van der Waals surface area contributed by atoms with Gasteiger partial charge in [-0.15, -0.1) is 0 Å². The standard InChI is InChI=1S/C14H23N3/c1-4-15-14(17-12(2)3)16-11-10-13-8-6-5-7-9-13/h5-9,12H,4,10-11H2,1-3H3,(H2,15,16,17). The minimum Gasteiger partial charge on any atom is -0.357 e. The minimum atomic E-state index is 0.407. The van der Waals surface area contributed by atoms with Gasteiger partial charge in [0.25, 0.3) is 0 Å². The van der Waals surface area contributed by atoms with Gasteiger partial charge in [-0.05, 0) is 32.8 Å². The second-order valence-corrected chi connectivity index (χ2v) is 4.30. The number of rotatable bonds is 5. The zero-order chi connectivity index (χ0) is 12.5. The summed E-state index contributed by atoms with van der Waals surface area (Å²) in [7, 11) is 0. The van der Waals surface area contributed by atoms with E-state index in [0.29, 0.717) is 6.04 Å². The first-order chi connectivity index (χ1) is 8.22. The van der Waals surface area contributed by atoms with E-state index in [-0.39, 0.29) is 0 Å². The molecule has 0 saturated carbocycles. The Morgan fingerprint density at radius 3 is 2.53 bits per heavy atom. The van der Waals surface area contributed by atoms with E-state index >= 15 is 0 Å². The largest absolute Gasteiger partial charge is 0.357 e. The van der Waals surface area contributed by atoms with E-state index in [1.165, 1.54) is 5.56 Å². The van der Waals surface area contributed by atoms with E-state index in [2.05, 4.69) is 60.7 Å². The molecule has 0 unspecified atom stereocenters. The summed E-state index contributed by atoms with van der Waals surface area (Å²) < 4.78 is 0. The summed E-state index contributed by atoms with van der Waals surface area (Å²) in [5.41, 5.74) is 1.33. The van der Waals surface area contributed by atoms with Crippen molar-refractivity contribution in [1.29, 1.82) is 0 Å². The summed E-state index contributed by atoms with van der Waals surface area (Å²) in [5, 5.41) is 6.55. The van der Waals surface area contributed by atoms with E-state index in [9.17, 15) is 0 Å². The molecule has 3 heteroatoms. The molecule has 0 spiro atoms. The molecule has 0 aliphatic carbocycles. The Kier molecular flexibility index (Phi) is 6.15. The van der Waals surface area contributed by atoms with Crippen molar-refractivity contribution in [2.45, 2.75) is 33.2 Å². The predicted molar refractivity (Wildman–Crippen MR) is 74.4 cm³/mol. The fourth-order valence-electron chi connectivity index (χ4n) is 1.53. The Labute approximate surface area is 104 Å². The molecule has 0 amide bonds. The van der Waals surface area contributed by atoms with E-state index in [0.717, 1.165) is 25.5 Å². The van der Waals surface area contributed by atoms with Crippen molar-refractivity contribution < 1.29 is 0 Å². The van der Waals surface area contributed by atoms with Gasteiger partial charge in [-0.25, -0.2) is 0 Å². The Hall–Kier alpha value is -1.51. The molecule has 0 radical (unpaired) electrons. The topological polar surface area (TPSA) is 36.4 Å². The van der Waals surface area contributed by atoms with Gasteiger partial charge in [0.15, 0.2) is 5.96 Å². The van der Waals surface area contributed by atoms with Crippen molar-refractivity contribution in [3.05, 3.63) is 35.9 Å². The molecule has 0 bridgehead atoms. The van der Waals surface area contributed by atoms with Gasteiger partial charge >= 0.3 is 0 Å². The second kappa shape index (κ2) is 7.71. The van der Waals surface area contributed by atoms with Gasteiger partial charge in [0.05, 0.1) is 0 Å². The second-order valence-electron chi connectivity index (χ2n) is 4.30. The Morgan fingerprint density at radius 1 is 1.24 bits per heavy atom. The van der Waals surface area contributed by atoms with Gasteiger partial charge in [-0.3, -0.25) is 4.99 Å². The highest BCUT2D eigenvalue weighted by atomic mass is 15.2. The van der Waals surface area contributed by atoms with Gasteiger partial charge in [-0.2, -0.15) is 0 Å². The van der Waals surface area contributed by atoms with Crippen LogP contribution in [-0.2, 0) is 6.42 Å². The van der Waals surface area contributed by atoms with Gasteiger partial charge in [-0.1, -0.05) is 30.3 Å². The third-order valence-electron chi connectivity index (χ3n) is 2.28. The molecular formula is C14H23N3. The first-order valence-corrected chi connectivity index (χ1v) is 6.31. The van der Waals surface area contributed by atoms with Gasteiger partial charge in [0.2, 0.25) is 0 Å². The number of hydrogen-bond acceptors (Lipinski definition) is 1. The van der Waals surface area contributed by atoms with Crippen molar-refractivity contribution in [1.82, 2.24) is 10.6 Å². The molecule has 0 aliphatic heterocycles. The average molecular weight is 233 g/mol. The molecule has 0 heterocycles. The van der Waals surface area contributed by atoms with Crippen LogP contribution < -0.4 is 10.6 Å². The number of nitrogens with zero attached hydrogens (tertiary/aromatic N) is 1. The molecule has 1 aromatic rings. The maximum Gasteiger partial charge on any atom is 0.191 e. The summed E-state index contributed by atoms with van der Waals surface area (Å²) in [6.45, 7) is 8.01. The molecule has 1 aromatic carbocycles. The number of nitrogens with one attached hydrogen (secondary N) is 2. The van der Waals surface area contributed by atoms with Gasteiger partial charge in [0, 0.05) is 19.1 Å². The fraction of sp³-hybridized carbons (Fsp3) is 0.500. The Balaban J connectivity index is 2.43. The summed E-state index contributed by atoms with van der Waals surface area (Å²) >= 11 is 0. The van der Waals surface area contributed by atoms with E-state index < -0.39 is 0 Å². The maximum absolute atomic E-state index is 4.54. The Bertz CT molecular complexity index is 331. The van der Waals surface area contributed by atoms with Crippen LogP contribution in [-0.4, -0.2) is 25.1 Å². The summed E-state index contributed by atoms with van der Waals surface area (Å²) in [6, 6.07) is 10.9. The minimum absolute atomic E-state index is 0.407. The maximum atomic E-state index is 4.54. The van der Waals surface area contributed by atoms with Crippen LogP contribution >= 0.6 is 0 Å². The van der Waals surface area contributed by atoms with E-state index in [1.54, 1.807) is 0 Å². The van der Waals surface area contributed by atoms with Crippen LogP contribution in [0.15, 0.2) is 35.3 Å². The quantitative estimate of drug-likeness (QED) is 0.604. The number of benzene rings is 1. The molecule has 0 aromatic heterocycles. The van der Waals surface area contributed by atoms with Crippen molar-refractivity contribution in [2.75, 3.05) is 13.1 Å². The SMILES string of the molecule is CCNC(=NCCc1ccccc1)NC(C)C. The highest BCUT2D eigenvalue weighted by molar-refractivity contribution is 5.79. The monoisotopic (exact) mass is 233 g/mol. The average Bonchev–Trinajstić information content (AvgIpc) is 2.30. The van der Waals surface area contributed by atoms with Gasteiger partial charge < -0.3 is 10.6 Å². The lowest BCUT2D eigenvalue weighted by atomic mass is 10.2. The van der Waals surface area contributed by atoms with Crippen LogP contribution in [0.5, 0.6) is 0 Å². The van der Waals surface area contributed by atoms with Crippen molar-refractivity contribution in [3.63, 3.8) is 0 Å². The molecular weight excluding hydrogens is 210 g/mol. The third-order valence-corrected chi connectivity index (χ3v) is 2.28. The molecule has 1 rings (SSSR count). The highest BCUT2D eigenvalue weighted by Crippen LogP contribution is 1.99. The highest BCUT2D eigenvalue weighted by Gasteiger charge is 1.98.